The first-order chi connectivity index (χ1) is 10.7. The van der Waals surface area contributed by atoms with E-state index in [-0.39, 0.29) is 5.60 Å². The van der Waals surface area contributed by atoms with Crippen molar-refractivity contribution in [1.29, 1.82) is 0 Å². The Bertz CT molecular complexity index is 560. The molecule has 0 aliphatic carbocycles. The van der Waals surface area contributed by atoms with Crippen LogP contribution in [0.5, 0.6) is 5.75 Å². The summed E-state index contributed by atoms with van der Waals surface area (Å²) in [6, 6.07) is 4.99. The van der Waals surface area contributed by atoms with Gasteiger partial charge >= 0.3 is 0 Å². The summed E-state index contributed by atoms with van der Waals surface area (Å²) >= 11 is 0. The van der Waals surface area contributed by atoms with Crippen LogP contribution in [0.4, 0.5) is 0 Å². The molecule has 1 aromatic carbocycles. The van der Waals surface area contributed by atoms with Crippen molar-refractivity contribution in [3.63, 3.8) is 0 Å². The van der Waals surface area contributed by atoms with Crippen molar-refractivity contribution in [1.82, 2.24) is 10.2 Å². The van der Waals surface area contributed by atoms with Crippen molar-refractivity contribution in [3.8, 4) is 5.75 Å². The van der Waals surface area contributed by atoms with Crippen LogP contribution >= 0.6 is 0 Å². The van der Waals surface area contributed by atoms with Crippen molar-refractivity contribution in [2.24, 2.45) is 0 Å². The second-order valence-corrected chi connectivity index (χ2v) is 7.07. The van der Waals surface area contributed by atoms with Gasteiger partial charge in [0.25, 0.3) is 0 Å². The zero-order valence-corrected chi connectivity index (χ0v) is 13.7. The first-order valence-electron chi connectivity index (χ1n) is 8.50. The number of hydrogen-bond donors (Lipinski definition) is 1. The molecule has 2 atom stereocenters. The minimum absolute atomic E-state index is 0.0177. The summed E-state index contributed by atoms with van der Waals surface area (Å²) in [4.78, 5) is 2.60. The Kier molecular flexibility index (Phi) is 3.63. The van der Waals surface area contributed by atoms with Crippen LogP contribution in [0.3, 0.4) is 0 Å². The number of morpholine rings is 1. The van der Waals surface area contributed by atoms with Crippen LogP contribution in [0.2, 0.25) is 0 Å². The molecule has 120 valence electrons. The van der Waals surface area contributed by atoms with Gasteiger partial charge in [-0.2, -0.15) is 0 Å². The number of fused-ring (bicyclic) bond motifs is 1. The monoisotopic (exact) mass is 302 g/mol. The van der Waals surface area contributed by atoms with Crippen LogP contribution < -0.4 is 10.1 Å². The second-order valence-electron chi connectivity index (χ2n) is 7.07. The highest BCUT2D eigenvalue weighted by molar-refractivity contribution is 5.47. The Morgan fingerprint density at radius 3 is 2.77 bits per heavy atom. The molecule has 0 bridgehead atoms. The van der Waals surface area contributed by atoms with E-state index in [0.29, 0.717) is 6.04 Å². The highest BCUT2D eigenvalue weighted by Gasteiger charge is 2.45. The van der Waals surface area contributed by atoms with Crippen LogP contribution in [0.25, 0.3) is 0 Å². The Morgan fingerprint density at radius 1 is 1.23 bits per heavy atom. The van der Waals surface area contributed by atoms with Gasteiger partial charge < -0.3 is 14.8 Å². The number of rotatable bonds is 1. The highest BCUT2D eigenvalue weighted by atomic mass is 16.5. The molecule has 3 aliphatic heterocycles. The predicted octanol–water partition coefficient (Wildman–Crippen LogP) is 2.19. The standard InChI is InChI=1S/C18H26N2O2/c1-13-9-14(2)17-15(20-5-7-21-8-6-20)11-18(3-4-19-12-18)22-16(17)10-13/h9-10,15,19H,3-8,11-12H2,1-2H3. The molecule has 1 N–H and O–H groups in total. The van der Waals surface area contributed by atoms with Crippen LogP contribution in [-0.2, 0) is 4.74 Å². The maximum absolute atomic E-state index is 6.54. The van der Waals surface area contributed by atoms with E-state index >= 15 is 0 Å². The molecular weight excluding hydrogens is 276 g/mol. The zero-order valence-electron chi connectivity index (χ0n) is 13.7. The number of benzene rings is 1. The molecule has 4 nitrogen and oxygen atoms in total. The van der Waals surface area contributed by atoms with Crippen LogP contribution in [0, 0.1) is 13.8 Å². The molecule has 2 unspecified atom stereocenters. The van der Waals surface area contributed by atoms with Crippen molar-refractivity contribution < 1.29 is 9.47 Å². The lowest BCUT2D eigenvalue weighted by Gasteiger charge is -2.45. The molecule has 4 rings (SSSR count). The van der Waals surface area contributed by atoms with Gasteiger partial charge in [-0.1, -0.05) is 6.07 Å². The van der Waals surface area contributed by atoms with Crippen LogP contribution in [-0.4, -0.2) is 49.9 Å². The lowest BCUT2D eigenvalue weighted by atomic mass is 9.83. The lowest BCUT2D eigenvalue weighted by Crippen LogP contribution is -2.49. The van der Waals surface area contributed by atoms with Crippen molar-refractivity contribution in [2.45, 2.75) is 38.3 Å². The van der Waals surface area contributed by atoms with E-state index in [1.807, 2.05) is 0 Å². The molecule has 2 fully saturated rings. The van der Waals surface area contributed by atoms with Crippen LogP contribution in [0.1, 0.15) is 35.6 Å². The van der Waals surface area contributed by atoms with E-state index in [2.05, 4.69) is 36.2 Å². The molecular formula is C18H26N2O2. The second kappa shape index (κ2) is 5.52. The fourth-order valence-corrected chi connectivity index (χ4v) is 4.36. The van der Waals surface area contributed by atoms with Gasteiger partial charge in [0.05, 0.1) is 13.2 Å². The SMILES string of the molecule is Cc1cc(C)c2c(c1)OC1(CCNC1)CC2N1CCOCC1. The van der Waals surface area contributed by atoms with Crippen molar-refractivity contribution in [3.05, 3.63) is 28.8 Å². The lowest BCUT2D eigenvalue weighted by molar-refractivity contribution is -0.0260. The number of aryl methyl sites for hydroxylation is 2. The molecule has 22 heavy (non-hydrogen) atoms. The molecule has 2 saturated heterocycles. The van der Waals surface area contributed by atoms with Crippen molar-refractivity contribution in [2.75, 3.05) is 39.4 Å². The third-order valence-electron chi connectivity index (χ3n) is 5.41. The summed E-state index contributed by atoms with van der Waals surface area (Å²) in [6.07, 6.45) is 2.21. The smallest absolute Gasteiger partial charge is 0.125 e. The molecule has 1 aromatic rings. The Hall–Kier alpha value is -1.10. The fourth-order valence-electron chi connectivity index (χ4n) is 4.36. The summed E-state index contributed by atoms with van der Waals surface area (Å²) in [5, 5.41) is 3.50. The highest BCUT2D eigenvalue weighted by Crippen LogP contribution is 2.46. The van der Waals surface area contributed by atoms with Crippen LogP contribution in [0.15, 0.2) is 12.1 Å². The van der Waals surface area contributed by atoms with Gasteiger partial charge in [0, 0.05) is 44.1 Å². The summed E-state index contributed by atoms with van der Waals surface area (Å²) < 4.78 is 12.1. The van der Waals surface area contributed by atoms with Gasteiger partial charge in [0.2, 0.25) is 0 Å². The predicted molar refractivity (Wildman–Crippen MR) is 86.5 cm³/mol. The molecule has 1 spiro atoms. The van der Waals surface area contributed by atoms with E-state index in [0.717, 1.165) is 58.0 Å². The molecule has 4 heteroatoms. The maximum Gasteiger partial charge on any atom is 0.125 e. The largest absolute Gasteiger partial charge is 0.485 e. The Morgan fingerprint density at radius 2 is 2.05 bits per heavy atom. The molecule has 3 aliphatic rings. The quantitative estimate of drug-likeness (QED) is 0.862. The zero-order chi connectivity index (χ0) is 15.2. The normalized spacial score (nSPS) is 32.0. The average Bonchev–Trinajstić information content (AvgIpc) is 2.94. The third-order valence-corrected chi connectivity index (χ3v) is 5.41. The molecule has 0 radical (unpaired) electrons. The molecule has 3 heterocycles. The molecule has 0 saturated carbocycles. The van der Waals surface area contributed by atoms with Crippen molar-refractivity contribution >= 4 is 0 Å². The van der Waals surface area contributed by atoms with E-state index in [9.17, 15) is 0 Å². The molecule has 0 amide bonds. The maximum atomic E-state index is 6.54. The molecule has 0 aromatic heterocycles. The Balaban J connectivity index is 1.76. The van der Waals surface area contributed by atoms with E-state index in [4.69, 9.17) is 9.47 Å². The first kappa shape index (κ1) is 14.5. The fraction of sp³-hybridized carbons (Fsp3) is 0.667. The van der Waals surface area contributed by atoms with Gasteiger partial charge in [-0.05, 0) is 37.6 Å². The summed E-state index contributed by atoms with van der Waals surface area (Å²) in [5.74, 6) is 1.11. The minimum Gasteiger partial charge on any atom is -0.485 e. The average molecular weight is 302 g/mol. The minimum atomic E-state index is -0.0177. The van der Waals surface area contributed by atoms with E-state index in [1.54, 1.807) is 0 Å². The summed E-state index contributed by atoms with van der Waals surface area (Å²) in [7, 11) is 0. The summed E-state index contributed by atoms with van der Waals surface area (Å²) in [5.41, 5.74) is 4.05. The number of nitrogens with one attached hydrogen (secondary N) is 1. The number of hydrogen-bond acceptors (Lipinski definition) is 4. The van der Waals surface area contributed by atoms with Gasteiger partial charge in [-0.25, -0.2) is 0 Å². The number of nitrogens with zero attached hydrogens (tertiary/aromatic N) is 1. The van der Waals surface area contributed by atoms with E-state index in [1.165, 1.54) is 16.7 Å². The summed E-state index contributed by atoms with van der Waals surface area (Å²) in [6.45, 7) is 10.2. The van der Waals surface area contributed by atoms with Gasteiger partial charge in [0.15, 0.2) is 0 Å². The third kappa shape index (κ3) is 2.43. The Labute approximate surface area is 132 Å². The topological polar surface area (TPSA) is 33.7 Å². The first-order valence-corrected chi connectivity index (χ1v) is 8.50. The van der Waals surface area contributed by atoms with E-state index < -0.39 is 0 Å². The number of ether oxygens (including phenoxy) is 2. The van der Waals surface area contributed by atoms with Gasteiger partial charge in [-0.15, -0.1) is 0 Å². The van der Waals surface area contributed by atoms with Gasteiger partial charge in [-0.3, -0.25) is 4.90 Å². The van der Waals surface area contributed by atoms with Gasteiger partial charge in [0.1, 0.15) is 11.4 Å².